The number of benzene rings is 20. The molecule has 638 valence electrons. The molecular weight excluding hydrogens is 1640 g/mol. The van der Waals surface area contributed by atoms with Crippen LogP contribution in [0.4, 0.5) is 68.2 Å². The highest BCUT2D eigenvalue weighted by Crippen LogP contribution is 2.60. The third-order valence-electron chi connectivity index (χ3n) is 23.1. The topological polar surface area (TPSA) is 86.8 Å². The maximum absolute atomic E-state index is 6.89. The van der Waals surface area contributed by atoms with E-state index in [1.807, 2.05) is 340 Å². The van der Waals surface area contributed by atoms with E-state index in [9.17, 15) is 0 Å². The van der Waals surface area contributed by atoms with Gasteiger partial charge < -0.3 is 57.5 Å². The molecule has 0 aromatic heterocycles. The first kappa shape index (κ1) is 82.0. The molecule has 0 heterocycles. The van der Waals surface area contributed by atoms with Crippen molar-refractivity contribution in [2.24, 2.45) is 0 Å². The highest BCUT2D eigenvalue weighted by Gasteiger charge is 2.48. The third kappa shape index (κ3) is 18.2. The molecule has 20 aromatic rings. The molecule has 21 rings (SSSR count). The molecule has 0 bridgehead atoms. The highest BCUT2D eigenvalue weighted by atomic mass is 16.5. The van der Waals surface area contributed by atoms with Crippen molar-refractivity contribution in [1.29, 1.82) is 0 Å². The second-order valence-electron chi connectivity index (χ2n) is 32.0. The Kier molecular flexibility index (Phi) is 23.4. The maximum atomic E-state index is 6.89. The molecule has 0 amide bonds. The molecule has 0 saturated carbocycles. The van der Waals surface area contributed by atoms with Crippen LogP contribution in [-0.4, -0.2) is 0 Å². The van der Waals surface area contributed by atoms with E-state index < -0.39 is 5.41 Å². The zero-order valence-corrected chi connectivity index (χ0v) is 72.2. The lowest BCUT2D eigenvalue weighted by atomic mass is 9.67. The van der Waals surface area contributed by atoms with Crippen molar-refractivity contribution in [2.45, 2.75) is 5.41 Å². The van der Waals surface area contributed by atoms with E-state index in [0.717, 1.165) is 102 Å². The van der Waals surface area contributed by atoms with Gasteiger partial charge in [0, 0.05) is 117 Å². The molecule has 12 nitrogen and oxygen atoms in total. The number of para-hydroxylation sites is 8. The molecule has 0 saturated heterocycles. The summed E-state index contributed by atoms with van der Waals surface area (Å²) in [6, 6.07) is 177. The van der Waals surface area contributed by atoms with Gasteiger partial charge in [0.2, 0.25) is 0 Å². The second-order valence-corrected chi connectivity index (χ2v) is 32.0. The molecule has 0 radical (unpaired) electrons. The molecule has 0 aliphatic heterocycles. The standard InChI is InChI=1S/C121H86N4O8/c1-9-45-101(46-10-1)126-109-61-29-37-89(79-109)122(90-38-30-62-110(80-90)127-102-47-11-2-12-48-102)97-73-87(74-98(77-97)123(91-39-31-63-111(81-91)128-103-49-13-3-14-50-103)92-40-32-64-112(82-92)129-104-51-15-4-16-52-104)121(119-71-27-25-69-117(119)118-70-26-28-72-120(118)121)88-75-99(124(93-41-33-65-113(83-93)130-105-53-17-5-18-54-105)94-42-34-66-114(84-94)131-106-55-19-6-20-56-106)78-100(76-88)125(95-43-35-67-115(85-95)132-107-57-21-7-22-58-107)96-44-36-68-116(86-96)133-108-59-23-8-24-60-108/h1-86H. The summed E-state index contributed by atoms with van der Waals surface area (Å²) < 4.78 is 55.1. The molecular formula is C121H86N4O8. The summed E-state index contributed by atoms with van der Waals surface area (Å²) >= 11 is 0. The summed E-state index contributed by atoms with van der Waals surface area (Å²) in [4.78, 5) is 9.22. The van der Waals surface area contributed by atoms with Crippen molar-refractivity contribution in [2.75, 3.05) is 19.6 Å². The maximum Gasteiger partial charge on any atom is 0.129 e. The summed E-state index contributed by atoms with van der Waals surface area (Å²) in [6.07, 6.45) is 0. The van der Waals surface area contributed by atoms with E-state index in [1.165, 1.54) is 0 Å². The molecule has 0 fully saturated rings. The van der Waals surface area contributed by atoms with Crippen molar-refractivity contribution in [3.63, 3.8) is 0 Å². The summed E-state index contributed by atoms with van der Waals surface area (Å²) in [7, 11) is 0. The second kappa shape index (κ2) is 37.9. The molecule has 12 heteroatoms. The van der Waals surface area contributed by atoms with Crippen LogP contribution in [0.3, 0.4) is 0 Å². The molecule has 0 unspecified atom stereocenters. The van der Waals surface area contributed by atoms with Gasteiger partial charge in [-0.15, -0.1) is 0 Å². The predicted molar refractivity (Wildman–Crippen MR) is 535 cm³/mol. The van der Waals surface area contributed by atoms with Crippen LogP contribution in [0.15, 0.2) is 522 Å². The third-order valence-corrected chi connectivity index (χ3v) is 23.1. The summed E-state index contributed by atoms with van der Waals surface area (Å²) in [5.74, 6) is 10.4. The van der Waals surface area contributed by atoms with Gasteiger partial charge in [-0.3, -0.25) is 0 Å². The Bertz CT molecular complexity index is 6260. The number of nitrogens with zero attached hydrogens (tertiary/aromatic N) is 4. The summed E-state index contributed by atoms with van der Waals surface area (Å²) in [6.45, 7) is 0. The largest absolute Gasteiger partial charge is 0.457 e. The first-order valence-electron chi connectivity index (χ1n) is 44.2. The lowest BCUT2D eigenvalue weighted by Gasteiger charge is -2.39. The number of anilines is 12. The predicted octanol–water partition coefficient (Wildman–Crippen LogP) is 34.3. The fourth-order valence-electron chi connectivity index (χ4n) is 17.4. The van der Waals surface area contributed by atoms with E-state index in [0.29, 0.717) is 92.0 Å². The Labute approximate surface area is 773 Å². The van der Waals surface area contributed by atoms with E-state index in [1.54, 1.807) is 0 Å². The van der Waals surface area contributed by atoms with Crippen molar-refractivity contribution in [1.82, 2.24) is 0 Å². The normalized spacial score (nSPS) is 11.5. The van der Waals surface area contributed by atoms with E-state index in [4.69, 9.17) is 37.9 Å². The van der Waals surface area contributed by atoms with Crippen LogP contribution in [-0.2, 0) is 5.41 Å². The first-order chi connectivity index (χ1) is 65.8. The van der Waals surface area contributed by atoms with Crippen LogP contribution >= 0.6 is 0 Å². The fraction of sp³-hybridized carbons (Fsp3) is 0.00826. The smallest absolute Gasteiger partial charge is 0.129 e. The minimum absolute atomic E-state index is 0.617. The Morgan fingerprint density at radius 2 is 0.271 bits per heavy atom. The van der Waals surface area contributed by atoms with Gasteiger partial charge in [-0.05, 0) is 264 Å². The zero-order chi connectivity index (χ0) is 88.9. The Balaban J connectivity index is 0.894. The van der Waals surface area contributed by atoms with Crippen LogP contribution in [0.1, 0.15) is 22.3 Å². The van der Waals surface area contributed by atoms with E-state index >= 15 is 0 Å². The van der Waals surface area contributed by atoms with Gasteiger partial charge in [0.1, 0.15) is 92.0 Å². The van der Waals surface area contributed by atoms with Crippen LogP contribution in [0.25, 0.3) is 11.1 Å². The molecule has 0 spiro atoms. The molecule has 1 aliphatic rings. The average molecular weight is 1720 g/mol. The van der Waals surface area contributed by atoms with Gasteiger partial charge in [-0.1, -0.05) is 243 Å². The van der Waals surface area contributed by atoms with Gasteiger partial charge in [0.05, 0.1) is 5.41 Å². The number of rotatable bonds is 30. The number of fused-ring (bicyclic) bond motifs is 3. The van der Waals surface area contributed by atoms with Gasteiger partial charge in [-0.25, -0.2) is 0 Å². The monoisotopic (exact) mass is 1720 g/mol. The minimum atomic E-state index is -1.32. The van der Waals surface area contributed by atoms with E-state index in [2.05, 4.69) is 202 Å². The molecule has 20 aromatic carbocycles. The summed E-state index contributed by atoms with van der Waals surface area (Å²) in [5, 5.41) is 0. The van der Waals surface area contributed by atoms with Gasteiger partial charge in [-0.2, -0.15) is 0 Å². The van der Waals surface area contributed by atoms with Crippen molar-refractivity contribution in [3.05, 3.63) is 544 Å². The lowest BCUT2D eigenvalue weighted by molar-refractivity contribution is 0.482. The Morgan fingerprint density at radius 1 is 0.120 bits per heavy atom. The van der Waals surface area contributed by atoms with Gasteiger partial charge >= 0.3 is 0 Å². The number of ether oxygens (including phenoxy) is 8. The molecule has 1 aliphatic carbocycles. The molecule has 0 N–H and O–H groups in total. The van der Waals surface area contributed by atoms with Crippen LogP contribution in [0.2, 0.25) is 0 Å². The average Bonchev–Trinajstić information content (AvgIpc) is 1.54. The first-order valence-corrected chi connectivity index (χ1v) is 44.2. The lowest BCUT2D eigenvalue weighted by Crippen LogP contribution is -2.30. The van der Waals surface area contributed by atoms with Crippen LogP contribution in [0, 0.1) is 0 Å². The van der Waals surface area contributed by atoms with Crippen LogP contribution in [0.5, 0.6) is 92.0 Å². The van der Waals surface area contributed by atoms with Crippen molar-refractivity contribution < 1.29 is 37.9 Å². The van der Waals surface area contributed by atoms with Crippen molar-refractivity contribution >= 4 is 68.2 Å². The number of hydrogen-bond donors (Lipinski definition) is 0. The van der Waals surface area contributed by atoms with E-state index in [-0.39, 0.29) is 0 Å². The number of hydrogen-bond acceptors (Lipinski definition) is 12. The zero-order valence-electron chi connectivity index (χ0n) is 72.2. The molecule has 0 atom stereocenters. The van der Waals surface area contributed by atoms with Gasteiger partial charge in [0.15, 0.2) is 0 Å². The summed E-state index contributed by atoms with van der Waals surface area (Å²) in [5.41, 5.74) is 13.8. The SMILES string of the molecule is c1ccc(Oc2cccc(N(c3cccc(Oc4ccccc4)c3)c3cc(N(c4cccc(Oc5ccccc5)c4)c4cccc(Oc5ccccc5)c4)cc(C4(c5cc(N(c6cccc(Oc7ccccc7)c6)c6cccc(Oc7ccccc7)c6)cc(N(c6cccc(Oc7ccccc7)c6)c6cccc(Oc7ccccc7)c6)c5)c5ccccc5-c5ccccc54)c3)c2)cc1. The fourth-order valence-corrected chi connectivity index (χ4v) is 17.4. The highest BCUT2D eigenvalue weighted by molar-refractivity contribution is 5.93. The Morgan fingerprint density at radius 3 is 0.444 bits per heavy atom. The van der Waals surface area contributed by atoms with Gasteiger partial charge in [0.25, 0.3) is 0 Å². The van der Waals surface area contributed by atoms with Crippen molar-refractivity contribution in [3.8, 4) is 103 Å². The quantitative estimate of drug-likeness (QED) is 0.0430. The Hall–Kier alpha value is -18.0. The minimum Gasteiger partial charge on any atom is -0.457 e. The molecule has 133 heavy (non-hydrogen) atoms. The van der Waals surface area contributed by atoms with Crippen LogP contribution < -0.4 is 57.5 Å².